The Morgan fingerprint density at radius 1 is 1.21 bits per heavy atom. The minimum absolute atomic E-state index is 0.0299. The highest BCUT2D eigenvalue weighted by Crippen LogP contribution is 2.16. The van der Waals surface area contributed by atoms with Gasteiger partial charge in [-0.2, -0.15) is 5.10 Å². The standard InChI is InChI=1S/C19H19N7O2/c27-17-11-25(9-8-21-17)15-5-3-14(4-6-15)10-23-19(28)16-2-1-7-22-18(16)26-13-20-12-24-26/h1-7,12-13H,8-11H2,(H,21,27)(H,23,28). The lowest BCUT2D eigenvalue weighted by Crippen LogP contribution is -2.47. The van der Waals surface area contributed by atoms with Crippen LogP contribution in [0.15, 0.2) is 55.2 Å². The molecule has 0 saturated carbocycles. The van der Waals surface area contributed by atoms with Crippen LogP contribution in [-0.2, 0) is 11.3 Å². The Labute approximate surface area is 161 Å². The minimum Gasteiger partial charge on any atom is -0.360 e. The number of carbonyl (C=O) groups excluding carboxylic acids is 2. The van der Waals surface area contributed by atoms with Crippen molar-refractivity contribution >= 4 is 17.5 Å². The number of aromatic nitrogens is 4. The Morgan fingerprint density at radius 3 is 2.82 bits per heavy atom. The Bertz CT molecular complexity index is 970. The van der Waals surface area contributed by atoms with Crippen molar-refractivity contribution in [2.45, 2.75) is 6.54 Å². The van der Waals surface area contributed by atoms with Crippen molar-refractivity contribution in [3.05, 3.63) is 66.4 Å². The van der Waals surface area contributed by atoms with Gasteiger partial charge in [0, 0.05) is 31.5 Å². The molecule has 0 spiro atoms. The van der Waals surface area contributed by atoms with E-state index in [2.05, 4.69) is 25.7 Å². The molecule has 142 valence electrons. The van der Waals surface area contributed by atoms with E-state index in [0.29, 0.717) is 31.0 Å². The first kappa shape index (κ1) is 17.7. The fourth-order valence-corrected chi connectivity index (χ4v) is 3.04. The topological polar surface area (TPSA) is 105 Å². The summed E-state index contributed by atoms with van der Waals surface area (Å²) >= 11 is 0. The van der Waals surface area contributed by atoms with Gasteiger partial charge in [0.2, 0.25) is 5.91 Å². The third-order valence-corrected chi connectivity index (χ3v) is 4.46. The number of nitrogens with zero attached hydrogens (tertiary/aromatic N) is 5. The van der Waals surface area contributed by atoms with Gasteiger partial charge in [0.15, 0.2) is 5.82 Å². The number of hydrogen-bond acceptors (Lipinski definition) is 6. The van der Waals surface area contributed by atoms with Crippen LogP contribution in [0, 0.1) is 0 Å². The Hall–Kier alpha value is -3.75. The summed E-state index contributed by atoms with van der Waals surface area (Å²) in [6.07, 6.45) is 4.50. The van der Waals surface area contributed by atoms with Crippen LogP contribution in [0.4, 0.5) is 5.69 Å². The van der Waals surface area contributed by atoms with Gasteiger partial charge >= 0.3 is 0 Å². The van der Waals surface area contributed by atoms with E-state index in [-0.39, 0.29) is 11.8 Å². The summed E-state index contributed by atoms with van der Waals surface area (Å²) in [5.74, 6) is 0.217. The molecule has 1 saturated heterocycles. The summed E-state index contributed by atoms with van der Waals surface area (Å²) in [5, 5.41) is 9.76. The van der Waals surface area contributed by atoms with E-state index in [4.69, 9.17) is 0 Å². The van der Waals surface area contributed by atoms with Crippen molar-refractivity contribution in [2.75, 3.05) is 24.5 Å². The van der Waals surface area contributed by atoms with Gasteiger partial charge in [-0.05, 0) is 29.8 Å². The zero-order valence-corrected chi connectivity index (χ0v) is 15.1. The van der Waals surface area contributed by atoms with E-state index in [1.54, 1.807) is 18.3 Å². The van der Waals surface area contributed by atoms with Crippen LogP contribution < -0.4 is 15.5 Å². The molecule has 1 fully saturated rings. The zero-order chi connectivity index (χ0) is 19.3. The first-order chi connectivity index (χ1) is 13.7. The molecule has 3 heterocycles. The molecule has 9 nitrogen and oxygen atoms in total. The van der Waals surface area contributed by atoms with Crippen molar-refractivity contribution < 1.29 is 9.59 Å². The fourth-order valence-electron chi connectivity index (χ4n) is 3.04. The monoisotopic (exact) mass is 377 g/mol. The molecule has 0 aliphatic carbocycles. The molecule has 2 N–H and O–H groups in total. The number of benzene rings is 1. The maximum absolute atomic E-state index is 12.6. The predicted molar refractivity (Wildman–Crippen MR) is 102 cm³/mol. The number of piperazine rings is 1. The molecule has 3 aromatic rings. The molecule has 1 aromatic carbocycles. The van der Waals surface area contributed by atoms with Gasteiger partial charge in [0.1, 0.15) is 12.7 Å². The van der Waals surface area contributed by atoms with E-state index in [1.165, 1.54) is 17.3 Å². The first-order valence-electron chi connectivity index (χ1n) is 8.89. The molecule has 0 atom stereocenters. The van der Waals surface area contributed by atoms with Crippen LogP contribution in [0.25, 0.3) is 5.82 Å². The quantitative estimate of drug-likeness (QED) is 0.672. The van der Waals surface area contributed by atoms with Crippen molar-refractivity contribution in [1.82, 2.24) is 30.4 Å². The van der Waals surface area contributed by atoms with Crippen LogP contribution in [0.1, 0.15) is 15.9 Å². The number of anilines is 1. The van der Waals surface area contributed by atoms with Gasteiger partial charge in [0.05, 0.1) is 12.1 Å². The Kier molecular flexibility index (Phi) is 4.96. The van der Waals surface area contributed by atoms with E-state index in [1.807, 2.05) is 29.2 Å². The minimum atomic E-state index is -0.240. The normalized spacial score (nSPS) is 13.9. The molecule has 0 unspecified atom stereocenters. The van der Waals surface area contributed by atoms with Gasteiger partial charge in [-0.15, -0.1) is 0 Å². The van der Waals surface area contributed by atoms with Crippen LogP contribution in [0.5, 0.6) is 0 Å². The second kappa shape index (κ2) is 7.87. The third kappa shape index (κ3) is 3.83. The molecule has 2 amide bonds. The van der Waals surface area contributed by atoms with Crippen LogP contribution >= 0.6 is 0 Å². The fraction of sp³-hybridized carbons (Fsp3) is 0.211. The average molecular weight is 377 g/mol. The molecule has 28 heavy (non-hydrogen) atoms. The van der Waals surface area contributed by atoms with Gasteiger partial charge in [-0.25, -0.2) is 14.6 Å². The SMILES string of the molecule is O=C1CN(c2ccc(CNC(=O)c3cccnc3-n3cncn3)cc2)CCN1. The van der Waals surface area contributed by atoms with Crippen molar-refractivity contribution in [1.29, 1.82) is 0 Å². The summed E-state index contributed by atoms with van der Waals surface area (Å²) < 4.78 is 1.46. The lowest BCUT2D eigenvalue weighted by Gasteiger charge is -2.28. The smallest absolute Gasteiger partial charge is 0.255 e. The van der Waals surface area contributed by atoms with Crippen molar-refractivity contribution in [2.24, 2.45) is 0 Å². The van der Waals surface area contributed by atoms with Crippen LogP contribution in [0.3, 0.4) is 0 Å². The maximum atomic E-state index is 12.6. The highest BCUT2D eigenvalue weighted by atomic mass is 16.2. The number of hydrogen-bond donors (Lipinski definition) is 2. The Balaban J connectivity index is 1.41. The predicted octanol–water partition coefficient (Wildman–Crippen LogP) is 0.528. The molecule has 1 aliphatic heterocycles. The summed E-state index contributed by atoms with van der Waals surface area (Å²) in [6.45, 7) is 2.18. The van der Waals surface area contributed by atoms with Gasteiger partial charge in [-0.3, -0.25) is 9.59 Å². The number of amides is 2. The zero-order valence-electron chi connectivity index (χ0n) is 15.1. The molecule has 1 aliphatic rings. The lowest BCUT2D eigenvalue weighted by molar-refractivity contribution is -0.120. The first-order valence-corrected chi connectivity index (χ1v) is 8.89. The molecule has 0 bridgehead atoms. The molecule has 9 heteroatoms. The summed E-state index contributed by atoms with van der Waals surface area (Å²) in [6, 6.07) is 11.2. The average Bonchev–Trinajstić information content (AvgIpc) is 3.27. The number of carbonyl (C=O) groups is 2. The second-order valence-corrected chi connectivity index (χ2v) is 6.34. The molecular weight excluding hydrogens is 358 g/mol. The second-order valence-electron chi connectivity index (χ2n) is 6.34. The molecule has 2 aromatic heterocycles. The molecular formula is C19H19N7O2. The number of rotatable bonds is 5. The van der Waals surface area contributed by atoms with E-state index in [9.17, 15) is 9.59 Å². The lowest BCUT2D eigenvalue weighted by atomic mass is 10.1. The molecule has 0 radical (unpaired) electrons. The number of nitrogens with one attached hydrogen (secondary N) is 2. The van der Waals surface area contributed by atoms with Crippen LogP contribution in [-0.4, -0.2) is 51.2 Å². The third-order valence-electron chi connectivity index (χ3n) is 4.46. The van der Waals surface area contributed by atoms with E-state index in [0.717, 1.165) is 17.8 Å². The summed E-state index contributed by atoms with van der Waals surface area (Å²) in [5.41, 5.74) is 2.37. The maximum Gasteiger partial charge on any atom is 0.255 e. The van der Waals surface area contributed by atoms with Gasteiger partial charge < -0.3 is 15.5 Å². The van der Waals surface area contributed by atoms with Gasteiger partial charge in [-0.1, -0.05) is 12.1 Å². The van der Waals surface area contributed by atoms with Gasteiger partial charge in [0.25, 0.3) is 5.91 Å². The van der Waals surface area contributed by atoms with Crippen LogP contribution in [0.2, 0.25) is 0 Å². The highest BCUT2D eigenvalue weighted by Gasteiger charge is 2.17. The van der Waals surface area contributed by atoms with E-state index < -0.39 is 0 Å². The van der Waals surface area contributed by atoms with Crippen molar-refractivity contribution in [3.63, 3.8) is 0 Å². The summed E-state index contributed by atoms with van der Waals surface area (Å²) in [7, 11) is 0. The summed E-state index contributed by atoms with van der Waals surface area (Å²) in [4.78, 5) is 34.3. The largest absolute Gasteiger partial charge is 0.360 e. The molecule has 4 rings (SSSR count). The highest BCUT2D eigenvalue weighted by molar-refractivity contribution is 5.97. The van der Waals surface area contributed by atoms with E-state index >= 15 is 0 Å². The van der Waals surface area contributed by atoms with Crippen molar-refractivity contribution in [3.8, 4) is 5.82 Å². The number of pyridine rings is 1. The Morgan fingerprint density at radius 2 is 2.07 bits per heavy atom.